The van der Waals surface area contributed by atoms with Crippen LogP contribution in [0.4, 0.5) is 11.5 Å². The molecule has 0 saturated carbocycles. The van der Waals surface area contributed by atoms with Crippen LogP contribution in [0.15, 0.2) is 12.3 Å². The predicted molar refractivity (Wildman–Crippen MR) is 53.3 cm³/mol. The molecule has 0 spiro atoms. The third-order valence-electron chi connectivity index (χ3n) is 1.62. The van der Waals surface area contributed by atoms with E-state index in [2.05, 4.69) is 10.3 Å². The zero-order valence-corrected chi connectivity index (χ0v) is 8.01. The molecule has 8 heteroatoms. The van der Waals surface area contributed by atoms with Crippen molar-refractivity contribution >= 4 is 17.4 Å². The molecule has 1 aromatic rings. The normalized spacial score (nSPS) is 9.19. The number of nitro groups is 1. The first-order chi connectivity index (χ1) is 7.54. The summed E-state index contributed by atoms with van der Waals surface area (Å²) in [6.45, 7) is -0.264. The number of nitriles is 1. The standard InChI is InChI=1S/C8H7N5O3/c9-2-5-1-6(13(15)16)8(11-3-5)12-4-7(10)14/h1,3H,4H2,(H2,10,14)(H,11,12). The van der Waals surface area contributed by atoms with E-state index >= 15 is 0 Å². The van der Waals surface area contributed by atoms with Gasteiger partial charge in [-0.25, -0.2) is 4.98 Å². The summed E-state index contributed by atoms with van der Waals surface area (Å²) in [5.74, 6) is -0.761. The SMILES string of the molecule is N#Cc1cnc(NCC(N)=O)c([N+](=O)[O-])c1. The molecule has 0 fully saturated rings. The van der Waals surface area contributed by atoms with Crippen LogP contribution in [0.5, 0.6) is 0 Å². The number of primary amides is 1. The summed E-state index contributed by atoms with van der Waals surface area (Å²) in [5.41, 5.74) is 4.56. The second-order valence-corrected chi connectivity index (χ2v) is 2.78. The Hall–Kier alpha value is -2.69. The van der Waals surface area contributed by atoms with Crippen molar-refractivity contribution in [2.24, 2.45) is 5.73 Å². The van der Waals surface area contributed by atoms with Crippen molar-refractivity contribution in [1.82, 2.24) is 4.98 Å². The zero-order valence-electron chi connectivity index (χ0n) is 8.01. The number of aromatic nitrogens is 1. The summed E-state index contributed by atoms with van der Waals surface area (Å²) in [6, 6.07) is 2.79. The predicted octanol–water partition coefficient (Wildman–Crippen LogP) is -0.241. The van der Waals surface area contributed by atoms with Crippen LogP contribution >= 0.6 is 0 Å². The minimum absolute atomic E-state index is 0.0660. The minimum atomic E-state index is -0.697. The summed E-state index contributed by atoms with van der Waals surface area (Å²) in [6.07, 6.45) is 1.16. The molecular weight excluding hydrogens is 214 g/mol. The lowest BCUT2D eigenvalue weighted by molar-refractivity contribution is -0.384. The first kappa shape index (κ1) is 11.4. The Labute approximate surface area is 89.8 Å². The number of nitrogens with zero attached hydrogens (tertiary/aromatic N) is 3. The first-order valence-electron chi connectivity index (χ1n) is 4.11. The van der Waals surface area contributed by atoms with Crippen molar-refractivity contribution in [3.8, 4) is 6.07 Å². The maximum Gasteiger partial charge on any atom is 0.312 e. The maximum absolute atomic E-state index is 10.6. The smallest absolute Gasteiger partial charge is 0.312 e. The Morgan fingerprint density at radius 2 is 2.44 bits per heavy atom. The third-order valence-corrected chi connectivity index (χ3v) is 1.62. The van der Waals surface area contributed by atoms with Crippen molar-refractivity contribution < 1.29 is 9.72 Å². The van der Waals surface area contributed by atoms with E-state index in [1.165, 1.54) is 0 Å². The molecule has 1 rings (SSSR count). The van der Waals surface area contributed by atoms with E-state index in [1.807, 2.05) is 0 Å². The van der Waals surface area contributed by atoms with Crippen molar-refractivity contribution in [3.63, 3.8) is 0 Å². The van der Waals surface area contributed by atoms with Crippen LogP contribution < -0.4 is 11.1 Å². The Balaban J connectivity index is 3.04. The van der Waals surface area contributed by atoms with Crippen molar-refractivity contribution in [3.05, 3.63) is 27.9 Å². The molecule has 1 heterocycles. The fourth-order valence-corrected chi connectivity index (χ4v) is 0.961. The second kappa shape index (κ2) is 4.70. The number of nitrogens with two attached hydrogens (primary N) is 1. The molecule has 0 aliphatic rings. The molecule has 1 amide bonds. The minimum Gasteiger partial charge on any atom is -0.368 e. The fourth-order valence-electron chi connectivity index (χ4n) is 0.961. The highest BCUT2D eigenvalue weighted by Crippen LogP contribution is 2.21. The van der Waals surface area contributed by atoms with Gasteiger partial charge in [0.05, 0.1) is 17.0 Å². The van der Waals surface area contributed by atoms with E-state index in [0.29, 0.717) is 0 Å². The molecule has 0 aliphatic carbocycles. The number of carbonyl (C=O) groups excluding carboxylic acids is 1. The number of nitrogens with one attached hydrogen (secondary N) is 1. The molecule has 0 aromatic carbocycles. The van der Waals surface area contributed by atoms with Gasteiger partial charge in [-0.3, -0.25) is 14.9 Å². The lowest BCUT2D eigenvalue weighted by Gasteiger charge is -2.03. The summed E-state index contributed by atoms with van der Waals surface area (Å²) in [7, 11) is 0. The molecule has 82 valence electrons. The highest BCUT2D eigenvalue weighted by Gasteiger charge is 2.16. The van der Waals surface area contributed by atoms with Crippen LogP contribution in [0.25, 0.3) is 0 Å². The molecule has 3 N–H and O–H groups in total. The average Bonchev–Trinajstić information content (AvgIpc) is 2.25. The van der Waals surface area contributed by atoms with E-state index in [-0.39, 0.29) is 23.6 Å². The number of rotatable bonds is 4. The van der Waals surface area contributed by atoms with Gasteiger partial charge >= 0.3 is 5.69 Å². The first-order valence-corrected chi connectivity index (χ1v) is 4.11. The number of carbonyl (C=O) groups is 1. The van der Waals surface area contributed by atoms with E-state index in [9.17, 15) is 14.9 Å². The number of amides is 1. The van der Waals surface area contributed by atoms with Gasteiger partial charge in [0.2, 0.25) is 11.7 Å². The lowest BCUT2D eigenvalue weighted by Crippen LogP contribution is -2.22. The average molecular weight is 221 g/mol. The summed E-state index contributed by atoms with van der Waals surface area (Å²) in [4.78, 5) is 24.1. The van der Waals surface area contributed by atoms with Gasteiger partial charge in [-0.05, 0) is 0 Å². The number of pyridine rings is 1. The largest absolute Gasteiger partial charge is 0.368 e. The molecular formula is C8H7N5O3. The third kappa shape index (κ3) is 2.65. The Morgan fingerprint density at radius 3 is 2.94 bits per heavy atom. The fraction of sp³-hybridized carbons (Fsp3) is 0.125. The molecule has 0 radical (unpaired) electrons. The summed E-state index contributed by atoms with van der Waals surface area (Å²) >= 11 is 0. The lowest BCUT2D eigenvalue weighted by atomic mass is 10.3. The van der Waals surface area contributed by atoms with Crippen molar-refractivity contribution in [1.29, 1.82) is 5.26 Å². The molecule has 0 bridgehead atoms. The quantitative estimate of drug-likeness (QED) is 0.532. The summed E-state index contributed by atoms with van der Waals surface area (Å²) < 4.78 is 0. The van der Waals surface area contributed by atoms with Gasteiger partial charge in [-0.2, -0.15) is 5.26 Å². The van der Waals surface area contributed by atoms with Gasteiger partial charge in [0.15, 0.2) is 0 Å². The van der Waals surface area contributed by atoms with E-state index in [1.54, 1.807) is 6.07 Å². The Kier molecular flexibility index (Phi) is 3.34. The van der Waals surface area contributed by atoms with Gasteiger partial charge in [-0.15, -0.1) is 0 Å². The van der Waals surface area contributed by atoms with E-state index in [4.69, 9.17) is 11.0 Å². The van der Waals surface area contributed by atoms with E-state index < -0.39 is 10.8 Å². The highest BCUT2D eigenvalue weighted by atomic mass is 16.6. The topological polar surface area (TPSA) is 135 Å². The van der Waals surface area contributed by atoms with Gasteiger partial charge in [0, 0.05) is 12.3 Å². The van der Waals surface area contributed by atoms with Crippen molar-refractivity contribution in [2.45, 2.75) is 0 Å². The molecule has 16 heavy (non-hydrogen) atoms. The van der Waals surface area contributed by atoms with Crippen LogP contribution in [0.2, 0.25) is 0 Å². The molecule has 0 aliphatic heterocycles. The number of anilines is 1. The number of hydrogen-bond donors (Lipinski definition) is 2. The summed E-state index contributed by atoms with van der Waals surface area (Å²) in [5, 5.41) is 21.6. The van der Waals surface area contributed by atoms with Gasteiger partial charge in [0.1, 0.15) is 6.07 Å². The number of hydrogen-bond acceptors (Lipinski definition) is 6. The maximum atomic E-state index is 10.6. The second-order valence-electron chi connectivity index (χ2n) is 2.78. The molecule has 1 aromatic heterocycles. The zero-order chi connectivity index (χ0) is 12.1. The van der Waals surface area contributed by atoms with Crippen LogP contribution in [-0.2, 0) is 4.79 Å². The monoisotopic (exact) mass is 221 g/mol. The molecule has 0 atom stereocenters. The molecule has 0 saturated heterocycles. The van der Waals surface area contributed by atoms with Crippen LogP contribution in [0, 0.1) is 21.4 Å². The van der Waals surface area contributed by atoms with Gasteiger partial charge in [-0.1, -0.05) is 0 Å². The Bertz CT molecular complexity index is 479. The molecule has 8 nitrogen and oxygen atoms in total. The van der Waals surface area contributed by atoms with Crippen LogP contribution in [-0.4, -0.2) is 22.4 Å². The van der Waals surface area contributed by atoms with Crippen molar-refractivity contribution in [2.75, 3.05) is 11.9 Å². The van der Waals surface area contributed by atoms with Crippen LogP contribution in [0.1, 0.15) is 5.56 Å². The molecule has 0 unspecified atom stereocenters. The Morgan fingerprint density at radius 1 is 1.75 bits per heavy atom. The van der Waals surface area contributed by atoms with Crippen LogP contribution in [0.3, 0.4) is 0 Å². The van der Waals surface area contributed by atoms with E-state index in [0.717, 1.165) is 12.3 Å². The van der Waals surface area contributed by atoms with Gasteiger partial charge in [0.25, 0.3) is 0 Å². The van der Waals surface area contributed by atoms with Gasteiger partial charge < -0.3 is 11.1 Å². The highest BCUT2D eigenvalue weighted by molar-refractivity contribution is 5.79.